The number of ether oxygens (including phenoxy) is 3. The number of methoxy groups -OCH3 is 2. The molecule has 0 radical (unpaired) electrons. The second-order valence-electron chi connectivity index (χ2n) is 5.20. The van der Waals surface area contributed by atoms with Gasteiger partial charge < -0.3 is 14.2 Å². The van der Waals surface area contributed by atoms with Crippen LogP contribution in [0.3, 0.4) is 0 Å². The highest BCUT2D eigenvalue weighted by molar-refractivity contribution is 5.71. The molecule has 0 bridgehead atoms. The predicted molar refractivity (Wildman–Crippen MR) is 83.2 cm³/mol. The molecule has 2 aromatic rings. The van der Waals surface area contributed by atoms with Crippen LogP contribution in [0, 0.1) is 0 Å². The molecular formula is C14H19N5O4. The Bertz CT molecular complexity index is 768. The number of H-pyrrole nitrogens is 1. The van der Waals surface area contributed by atoms with Gasteiger partial charge in [-0.1, -0.05) is 0 Å². The molecule has 1 aliphatic heterocycles. The monoisotopic (exact) mass is 321 g/mol. The van der Waals surface area contributed by atoms with Crippen LogP contribution in [0.25, 0.3) is 11.2 Å². The zero-order valence-electron chi connectivity index (χ0n) is 13.2. The number of aliphatic imine (C=N–C) groups is 1. The van der Waals surface area contributed by atoms with Gasteiger partial charge in [0.15, 0.2) is 11.2 Å². The number of nitrogens with one attached hydrogen (secondary N) is 1. The zero-order valence-corrected chi connectivity index (χ0v) is 13.2. The minimum atomic E-state index is -0.330. The number of aromatic nitrogens is 4. The number of rotatable bonds is 5. The number of hydrogen-bond donors (Lipinski definition) is 1. The first kappa shape index (κ1) is 15.8. The second-order valence-corrected chi connectivity index (χ2v) is 5.20. The van der Waals surface area contributed by atoms with Gasteiger partial charge in [0.25, 0.3) is 5.56 Å². The molecule has 0 aromatic carbocycles. The maximum atomic E-state index is 12.1. The summed E-state index contributed by atoms with van der Waals surface area (Å²) in [6.07, 6.45) is 3.15. The van der Waals surface area contributed by atoms with Gasteiger partial charge in [0.1, 0.15) is 12.3 Å². The summed E-state index contributed by atoms with van der Waals surface area (Å²) in [6.45, 7) is 2.18. The summed E-state index contributed by atoms with van der Waals surface area (Å²) in [4.78, 5) is 27.1. The van der Waals surface area contributed by atoms with Gasteiger partial charge in [-0.05, 0) is 6.92 Å². The molecule has 0 amide bonds. The van der Waals surface area contributed by atoms with E-state index in [4.69, 9.17) is 14.2 Å². The molecule has 23 heavy (non-hydrogen) atoms. The van der Waals surface area contributed by atoms with E-state index in [0.29, 0.717) is 18.7 Å². The standard InChI is InChI=1S/C14H19N5O4/c1-4-15-14-17-12-11(13(20)18-14)16-7-19(12)10-5-8(22-3)9(23-10)6-21-2/h4,7-10H,5-6H2,1-3H3,(H,17,18,20)/b15-4+/t8-,9+,10+/m0/s1. The number of fused-ring (bicyclic) bond motifs is 1. The first-order valence-corrected chi connectivity index (χ1v) is 7.30. The van der Waals surface area contributed by atoms with Crippen molar-refractivity contribution in [1.29, 1.82) is 0 Å². The minimum absolute atomic E-state index is 0.0903. The fourth-order valence-corrected chi connectivity index (χ4v) is 2.74. The quantitative estimate of drug-likeness (QED) is 0.817. The summed E-state index contributed by atoms with van der Waals surface area (Å²) in [5, 5.41) is 0. The van der Waals surface area contributed by atoms with E-state index in [1.54, 1.807) is 38.3 Å². The van der Waals surface area contributed by atoms with Crippen molar-refractivity contribution in [3.8, 4) is 0 Å². The van der Waals surface area contributed by atoms with E-state index in [1.165, 1.54) is 0 Å². The van der Waals surface area contributed by atoms with Crippen LogP contribution in [0.2, 0.25) is 0 Å². The molecule has 0 spiro atoms. The third-order valence-electron chi connectivity index (χ3n) is 3.80. The predicted octanol–water partition coefficient (Wildman–Crippen LogP) is 0.791. The van der Waals surface area contributed by atoms with Crippen molar-refractivity contribution in [1.82, 2.24) is 19.5 Å². The van der Waals surface area contributed by atoms with Crippen LogP contribution in [0.1, 0.15) is 19.6 Å². The number of hydrogen-bond acceptors (Lipinski definition) is 7. The van der Waals surface area contributed by atoms with E-state index < -0.39 is 0 Å². The van der Waals surface area contributed by atoms with Gasteiger partial charge >= 0.3 is 0 Å². The van der Waals surface area contributed by atoms with Gasteiger partial charge in [-0.25, -0.2) is 9.98 Å². The smallest absolute Gasteiger partial charge is 0.280 e. The molecule has 0 unspecified atom stereocenters. The summed E-state index contributed by atoms with van der Waals surface area (Å²) >= 11 is 0. The van der Waals surface area contributed by atoms with E-state index in [0.717, 1.165) is 0 Å². The summed E-state index contributed by atoms with van der Waals surface area (Å²) in [7, 11) is 3.26. The van der Waals surface area contributed by atoms with Crippen molar-refractivity contribution in [2.45, 2.75) is 31.8 Å². The molecule has 9 nitrogen and oxygen atoms in total. The summed E-state index contributed by atoms with van der Waals surface area (Å²) in [5.41, 5.74) is 0.365. The number of imidazole rings is 1. The Morgan fingerprint density at radius 1 is 1.57 bits per heavy atom. The van der Waals surface area contributed by atoms with Crippen LogP contribution < -0.4 is 5.56 Å². The highest BCUT2D eigenvalue weighted by atomic mass is 16.6. The molecule has 124 valence electrons. The van der Waals surface area contributed by atoms with Crippen molar-refractivity contribution in [3.63, 3.8) is 0 Å². The lowest BCUT2D eigenvalue weighted by molar-refractivity contribution is -0.0597. The SMILES string of the molecule is C/C=N/c1nc2c(ncn2[C@H]2C[C@H](OC)[C@@H](COC)O2)c(=O)[nH]1. The first-order chi connectivity index (χ1) is 11.2. The Balaban J connectivity index is 1.98. The van der Waals surface area contributed by atoms with E-state index in [-0.39, 0.29) is 35.5 Å². The lowest BCUT2D eigenvalue weighted by atomic mass is 10.2. The fraction of sp³-hybridized carbons (Fsp3) is 0.571. The zero-order chi connectivity index (χ0) is 16.4. The molecule has 3 atom stereocenters. The highest BCUT2D eigenvalue weighted by Crippen LogP contribution is 2.32. The Labute approximate surface area is 132 Å². The Morgan fingerprint density at radius 3 is 3.09 bits per heavy atom. The topological polar surface area (TPSA) is 104 Å². The average molecular weight is 321 g/mol. The Hall–Kier alpha value is -2.10. The molecule has 1 aliphatic rings. The van der Waals surface area contributed by atoms with Crippen LogP contribution in [0.5, 0.6) is 0 Å². The normalized spacial score (nSPS) is 24.9. The van der Waals surface area contributed by atoms with Gasteiger partial charge in [-0.15, -0.1) is 0 Å². The molecular weight excluding hydrogens is 302 g/mol. The van der Waals surface area contributed by atoms with Gasteiger partial charge in [0, 0.05) is 26.9 Å². The first-order valence-electron chi connectivity index (χ1n) is 7.30. The summed E-state index contributed by atoms with van der Waals surface area (Å²) < 4.78 is 18.3. The molecule has 3 heterocycles. The van der Waals surface area contributed by atoms with Crippen LogP contribution in [0.4, 0.5) is 5.95 Å². The average Bonchev–Trinajstić information content (AvgIpc) is 3.12. The van der Waals surface area contributed by atoms with Crippen LogP contribution in [-0.4, -0.2) is 58.8 Å². The van der Waals surface area contributed by atoms with Gasteiger partial charge in [0.05, 0.1) is 19.0 Å². The summed E-state index contributed by atoms with van der Waals surface area (Å²) in [6, 6.07) is 0. The lowest BCUT2D eigenvalue weighted by Gasteiger charge is -2.16. The molecule has 2 aromatic heterocycles. The van der Waals surface area contributed by atoms with E-state index in [2.05, 4.69) is 19.9 Å². The third kappa shape index (κ3) is 2.90. The number of nitrogens with zero attached hydrogens (tertiary/aromatic N) is 4. The van der Waals surface area contributed by atoms with E-state index in [1.807, 2.05) is 0 Å². The van der Waals surface area contributed by atoms with Crippen molar-refractivity contribution in [2.24, 2.45) is 4.99 Å². The van der Waals surface area contributed by atoms with Gasteiger partial charge in [-0.3, -0.25) is 14.3 Å². The van der Waals surface area contributed by atoms with Gasteiger partial charge in [0.2, 0.25) is 5.95 Å². The Kier molecular flexibility index (Phi) is 4.51. The van der Waals surface area contributed by atoms with Crippen molar-refractivity contribution in [3.05, 3.63) is 16.7 Å². The van der Waals surface area contributed by atoms with Crippen molar-refractivity contribution < 1.29 is 14.2 Å². The highest BCUT2D eigenvalue weighted by Gasteiger charge is 2.37. The van der Waals surface area contributed by atoms with Crippen LogP contribution in [0.15, 0.2) is 16.1 Å². The third-order valence-corrected chi connectivity index (χ3v) is 3.80. The van der Waals surface area contributed by atoms with E-state index in [9.17, 15) is 4.79 Å². The molecule has 9 heteroatoms. The largest absolute Gasteiger partial charge is 0.382 e. The van der Waals surface area contributed by atoms with Crippen molar-refractivity contribution >= 4 is 23.3 Å². The summed E-state index contributed by atoms with van der Waals surface area (Å²) in [5.74, 6) is 0.237. The second kappa shape index (κ2) is 6.57. The number of aromatic amines is 1. The molecule has 3 rings (SSSR count). The van der Waals surface area contributed by atoms with Crippen LogP contribution in [-0.2, 0) is 14.2 Å². The molecule has 0 aliphatic carbocycles. The molecule has 1 fully saturated rings. The molecule has 1 N–H and O–H groups in total. The molecule has 1 saturated heterocycles. The van der Waals surface area contributed by atoms with E-state index >= 15 is 0 Å². The van der Waals surface area contributed by atoms with Crippen LogP contribution >= 0.6 is 0 Å². The minimum Gasteiger partial charge on any atom is -0.382 e. The van der Waals surface area contributed by atoms with Crippen molar-refractivity contribution in [2.75, 3.05) is 20.8 Å². The lowest BCUT2D eigenvalue weighted by Crippen LogP contribution is -2.27. The fourth-order valence-electron chi connectivity index (χ4n) is 2.74. The maximum Gasteiger partial charge on any atom is 0.280 e. The molecule has 0 saturated carbocycles. The van der Waals surface area contributed by atoms with Gasteiger partial charge in [-0.2, -0.15) is 4.98 Å². The maximum absolute atomic E-state index is 12.1. The Morgan fingerprint density at radius 2 is 2.39 bits per heavy atom.